The van der Waals surface area contributed by atoms with E-state index in [0.717, 1.165) is 10.2 Å². The summed E-state index contributed by atoms with van der Waals surface area (Å²) in [5, 5.41) is 3.42. The molecule has 0 unspecified atom stereocenters. The van der Waals surface area contributed by atoms with Gasteiger partial charge in [-0.05, 0) is 38.5 Å². The van der Waals surface area contributed by atoms with Crippen molar-refractivity contribution in [3.63, 3.8) is 0 Å². The van der Waals surface area contributed by atoms with Gasteiger partial charge in [-0.3, -0.25) is 0 Å². The van der Waals surface area contributed by atoms with E-state index in [1.807, 2.05) is 6.07 Å². The topological polar surface area (TPSA) is 38.0 Å². The van der Waals surface area contributed by atoms with E-state index in [-0.39, 0.29) is 5.54 Å². The quantitative estimate of drug-likeness (QED) is 0.873. The van der Waals surface area contributed by atoms with Crippen molar-refractivity contribution in [1.29, 1.82) is 0 Å². The highest BCUT2D eigenvalue weighted by atomic mass is 79.9. The standard InChI is InChI=1S/C11H17BrN2/c1-8-4-5-9(12)6-10(8)14-11(2,3)7-13/h4-6,14H,7,13H2,1-3H3. The van der Waals surface area contributed by atoms with E-state index in [2.05, 4.69) is 54.2 Å². The average Bonchev–Trinajstić information content (AvgIpc) is 2.11. The van der Waals surface area contributed by atoms with Crippen LogP contribution in [-0.2, 0) is 0 Å². The second kappa shape index (κ2) is 4.32. The Kier molecular flexibility index (Phi) is 3.56. The Balaban J connectivity index is 2.91. The van der Waals surface area contributed by atoms with Crippen LogP contribution < -0.4 is 11.1 Å². The van der Waals surface area contributed by atoms with E-state index in [4.69, 9.17) is 5.73 Å². The summed E-state index contributed by atoms with van der Waals surface area (Å²) in [4.78, 5) is 0. The molecular formula is C11H17BrN2. The van der Waals surface area contributed by atoms with Crippen molar-refractivity contribution in [2.45, 2.75) is 26.3 Å². The molecule has 1 aromatic rings. The number of nitrogens with one attached hydrogen (secondary N) is 1. The third-order valence-electron chi connectivity index (χ3n) is 2.18. The van der Waals surface area contributed by atoms with Crippen molar-refractivity contribution in [2.24, 2.45) is 5.73 Å². The van der Waals surface area contributed by atoms with Gasteiger partial charge in [0, 0.05) is 22.2 Å². The molecule has 0 spiro atoms. The van der Waals surface area contributed by atoms with E-state index < -0.39 is 0 Å². The molecule has 0 aliphatic rings. The van der Waals surface area contributed by atoms with Gasteiger partial charge in [0.15, 0.2) is 0 Å². The molecule has 0 amide bonds. The SMILES string of the molecule is Cc1ccc(Br)cc1NC(C)(C)CN. The monoisotopic (exact) mass is 256 g/mol. The Labute approximate surface area is 94.0 Å². The molecule has 14 heavy (non-hydrogen) atoms. The molecule has 0 bridgehead atoms. The maximum atomic E-state index is 5.67. The molecule has 0 aromatic heterocycles. The molecule has 0 aliphatic heterocycles. The first-order valence-electron chi connectivity index (χ1n) is 4.69. The molecule has 0 saturated heterocycles. The maximum absolute atomic E-state index is 5.67. The van der Waals surface area contributed by atoms with E-state index in [1.165, 1.54) is 5.56 Å². The first-order valence-corrected chi connectivity index (χ1v) is 5.48. The third kappa shape index (κ3) is 3.00. The summed E-state index contributed by atoms with van der Waals surface area (Å²) >= 11 is 3.45. The van der Waals surface area contributed by atoms with E-state index in [9.17, 15) is 0 Å². The van der Waals surface area contributed by atoms with Crippen LogP contribution in [0.25, 0.3) is 0 Å². The Morgan fingerprint density at radius 1 is 1.43 bits per heavy atom. The summed E-state index contributed by atoms with van der Waals surface area (Å²) in [6, 6.07) is 6.20. The summed E-state index contributed by atoms with van der Waals surface area (Å²) in [6.07, 6.45) is 0. The zero-order valence-electron chi connectivity index (χ0n) is 8.89. The van der Waals surface area contributed by atoms with Gasteiger partial charge in [0.2, 0.25) is 0 Å². The lowest BCUT2D eigenvalue weighted by Gasteiger charge is -2.26. The summed E-state index contributed by atoms with van der Waals surface area (Å²) in [7, 11) is 0. The number of benzene rings is 1. The van der Waals surface area contributed by atoms with Gasteiger partial charge in [0.05, 0.1) is 0 Å². The number of aryl methyl sites for hydroxylation is 1. The van der Waals surface area contributed by atoms with Gasteiger partial charge < -0.3 is 11.1 Å². The lowest BCUT2D eigenvalue weighted by molar-refractivity contribution is 0.579. The number of hydrogen-bond donors (Lipinski definition) is 2. The minimum Gasteiger partial charge on any atom is -0.379 e. The van der Waals surface area contributed by atoms with Crippen LogP contribution >= 0.6 is 15.9 Å². The van der Waals surface area contributed by atoms with Crippen molar-refractivity contribution >= 4 is 21.6 Å². The molecule has 0 atom stereocenters. The largest absolute Gasteiger partial charge is 0.379 e. The number of hydrogen-bond acceptors (Lipinski definition) is 2. The second-order valence-corrected chi connectivity index (χ2v) is 5.09. The van der Waals surface area contributed by atoms with Gasteiger partial charge in [-0.15, -0.1) is 0 Å². The molecule has 2 nitrogen and oxygen atoms in total. The zero-order chi connectivity index (χ0) is 10.8. The minimum atomic E-state index is -0.0639. The molecular weight excluding hydrogens is 240 g/mol. The van der Waals surface area contributed by atoms with E-state index in [0.29, 0.717) is 6.54 Å². The fourth-order valence-corrected chi connectivity index (χ4v) is 1.51. The highest BCUT2D eigenvalue weighted by Crippen LogP contribution is 2.23. The Hall–Kier alpha value is -0.540. The van der Waals surface area contributed by atoms with Crippen molar-refractivity contribution in [3.8, 4) is 0 Å². The molecule has 1 rings (SSSR count). The molecule has 0 radical (unpaired) electrons. The smallest absolute Gasteiger partial charge is 0.0439 e. The molecule has 1 aromatic carbocycles. The minimum absolute atomic E-state index is 0.0639. The number of rotatable bonds is 3. The number of halogens is 1. The lowest BCUT2D eigenvalue weighted by Crippen LogP contribution is -2.39. The fraction of sp³-hybridized carbons (Fsp3) is 0.455. The molecule has 0 saturated carbocycles. The van der Waals surface area contributed by atoms with Crippen molar-refractivity contribution in [1.82, 2.24) is 0 Å². The van der Waals surface area contributed by atoms with Crippen LogP contribution in [0.2, 0.25) is 0 Å². The number of anilines is 1. The number of nitrogens with two attached hydrogens (primary N) is 1. The first-order chi connectivity index (χ1) is 6.44. The van der Waals surface area contributed by atoms with Gasteiger partial charge in [-0.2, -0.15) is 0 Å². The van der Waals surface area contributed by atoms with Gasteiger partial charge in [0.25, 0.3) is 0 Å². The van der Waals surface area contributed by atoms with Crippen LogP contribution in [0.15, 0.2) is 22.7 Å². The van der Waals surface area contributed by atoms with Crippen LogP contribution in [0.5, 0.6) is 0 Å². The predicted octanol–water partition coefficient (Wildman–Crippen LogP) is 2.91. The third-order valence-corrected chi connectivity index (χ3v) is 2.68. The molecule has 0 aliphatic carbocycles. The van der Waals surface area contributed by atoms with Gasteiger partial charge in [0.1, 0.15) is 0 Å². The maximum Gasteiger partial charge on any atom is 0.0439 e. The van der Waals surface area contributed by atoms with Crippen molar-refractivity contribution in [2.75, 3.05) is 11.9 Å². The Bertz CT molecular complexity index is 321. The van der Waals surface area contributed by atoms with Crippen LogP contribution in [0.1, 0.15) is 19.4 Å². The van der Waals surface area contributed by atoms with Crippen LogP contribution in [-0.4, -0.2) is 12.1 Å². The lowest BCUT2D eigenvalue weighted by atomic mass is 10.0. The summed E-state index contributed by atoms with van der Waals surface area (Å²) in [5.74, 6) is 0. The molecule has 0 heterocycles. The van der Waals surface area contributed by atoms with Crippen molar-refractivity contribution in [3.05, 3.63) is 28.2 Å². The van der Waals surface area contributed by atoms with Crippen molar-refractivity contribution < 1.29 is 0 Å². The Morgan fingerprint density at radius 3 is 2.64 bits per heavy atom. The van der Waals surface area contributed by atoms with E-state index >= 15 is 0 Å². The normalized spacial score (nSPS) is 11.5. The van der Waals surface area contributed by atoms with E-state index in [1.54, 1.807) is 0 Å². The summed E-state index contributed by atoms with van der Waals surface area (Å²) in [5.41, 5.74) is 7.97. The highest BCUT2D eigenvalue weighted by Gasteiger charge is 2.15. The van der Waals surface area contributed by atoms with Crippen LogP contribution in [0.4, 0.5) is 5.69 Å². The van der Waals surface area contributed by atoms with Gasteiger partial charge in [-0.25, -0.2) is 0 Å². The van der Waals surface area contributed by atoms with Crippen LogP contribution in [0.3, 0.4) is 0 Å². The predicted molar refractivity (Wildman–Crippen MR) is 65.6 cm³/mol. The Morgan fingerprint density at radius 2 is 2.07 bits per heavy atom. The highest BCUT2D eigenvalue weighted by molar-refractivity contribution is 9.10. The fourth-order valence-electron chi connectivity index (χ4n) is 1.14. The summed E-state index contributed by atoms with van der Waals surface area (Å²) < 4.78 is 1.08. The molecule has 78 valence electrons. The molecule has 3 N–H and O–H groups in total. The second-order valence-electron chi connectivity index (χ2n) is 4.17. The van der Waals surface area contributed by atoms with Crippen LogP contribution in [0, 0.1) is 6.92 Å². The van der Waals surface area contributed by atoms with Gasteiger partial charge >= 0.3 is 0 Å². The first kappa shape index (κ1) is 11.5. The zero-order valence-corrected chi connectivity index (χ0v) is 10.5. The molecule has 3 heteroatoms. The average molecular weight is 257 g/mol. The molecule has 0 fully saturated rings. The van der Waals surface area contributed by atoms with Gasteiger partial charge in [-0.1, -0.05) is 22.0 Å². The summed E-state index contributed by atoms with van der Waals surface area (Å²) in [6.45, 7) is 6.88.